The van der Waals surface area contributed by atoms with E-state index in [0.29, 0.717) is 13.2 Å². The van der Waals surface area contributed by atoms with Crippen molar-refractivity contribution in [2.45, 2.75) is 26.6 Å². The zero-order chi connectivity index (χ0) is 13.3. The van der Waals surface area contributed by atoms with E-state index in [4.69, 9.17) is 4.74 Å². The molecular formula is C14H20N4O. The number of rotatable bonds is 8. The predicted octanol–water partition coefficient (Wildman–Crippen LogP) is 1.60. The molecule has 2 rings (SSSR count). The maximum atomic E-state index is 5.61. The van der Waals surface area contributed by atoms with Crippen LogP contribution in [0.4, 0.5) is 0 Å². The van der Waals surface area contributed by atoms with Gasteiger partial charge in [0.25, 0.3) is 0 Å². The van der Waals surface area contributed by atoms with Crippen LogP contribution in [-0.4, -0.2) is 28.1 Å². The van der Waals surface area contributed by atoms with Gasteiger partial charge in [-0.15, -0.1) is 5.10 Å². The first-order chi connectivity index (χ1) is 9.38. The second-order valence-corrected chi connectivity index (χ2v) is 4.29. The van der Waals surface area contributed by atoms with Crippen LogP contribution in [0.3, 0.4) is 0 Å². The Labute approximate surface area is 113 Å². The molecule has 1 aromatic carbocycles. The molecule has 1 N–H and O–H groups in total. The topological polar surface area (TPSA) is 52.0 Å². The third-order valence-electron chi connectivity index (χ3n) is 2.72. The maximum absolute atomic E-state index is 5.61. The van der Waals surface area contributed by atoms with E-state index in [1.165, 1.54) is 5.56 Å². The highest BCUT2D eigenvalue weighted by Crippen LogP contribution is 2.00. The Morgan fingerprint density at radius 3 is 2.89 bits per heavy atom. The van der Waals surface area contributed by atoms with Gasteiger partial charge in [0.2, 0.25) is 0 Å². The second-order valence-electron chi connectivity index (χ2n) is 4.29. The summed E-state index contributed by atoms with van der Waals surface area (Å²) in [7, 11) is 0. The standard InChI is InChI=1S/C14H20N4O/c1-2-15-10-14-11-18(17-16-14)8-9-19-12-13-6-4-3-5-7-13/h3-7,11,15H,2,8-10,12H2,1H3. The Hall–Kier alpha value is -1.72. The third-order valence-corrected chi connectivity index (χ3v) is 2.72. The molecule has 102 valence electrons. The minimum absolute atomic E-state index is 0.638. The maximum Gasteiger partial charge on any atom is 0.0964 e. The molecular weight excluding hydrogens is 240 g/mol. The predicted molar refractivity (Wildman–Crippen MR) is 73.5 cm³/mol. The zero-order valence-corrected chi connectivity index (χ0v) is 11.2. The van der Waals surface area contributed by atoms with E-state index in [1.54, 1.807) is 0 Å². The highest BCUT2D eigenvalue weighted by Gasteiger charge is 1.99. The van der Waals surface area contributed by atoms with E-state index < -0.39 is 0 Å². The summed E-state index contributed by atoms with van der Waals surface area (Å²) in [6.07, 6.45) is 1.95. The van der Waals surface area contributed by atoms with E-state index in [-0.39, 0.29) is 0 Å². The first-order valence-electron chi connectivity index (χ1n) is 6.60. The van der Waals surface area contributed by atoms with Crippen LogP contribution in [0.2, 0.25) is 0 Å². The Bertz CT molecular complexity index is 469. The lowest BCUT2D eigenvalue weighted by Crippen LogP contribution is -2.11. The van der Waals surface area contributed by atoms with Crippen molar-refractivity contribution in [1.82, 2.24) is 20.3 Å². The van der Waals surface area contributed by atoms with Crippen LogP contribution >= 0.6 is 0 Å². The number of aromatic nitrogens is 3. The van der Waals surface area contributed by atoms with Crippen LogP contribution < -0.4 is 5.32 Å². The molecule has 19 heavy (non-hydrogen) atoms. The molecule has 0 fully saturated rings. The average molecular weight is 260 g/mol. The van der Waals surface area contributed by atoms with Crippen molar-refractivity contribution in [2.75, 3.05) is 13.2 Å². The number of nitrogens with one attached hydrogen (secondary N) is 1. The summed E-state index contributed by atoms with van der Waals surface area (Å²) in [6.45, 7) is 5.78. The molecule has 0 spiro atoms. The van der Waals surface area contributed by atoms with Gasteiger partial charge in [0.05, 0.1) is 25.5 Å². The molecule has 5 nitrogen and oxygen atoms in total. The Kier molecular flexibility index (Phi) is 5.52. The number of ether oxygens (including phenoxy) is 1. The van der Waals surface area contributed by atoms with Crippen LogP contribution in [0.5, 0.6) is 0 Å². The molecule has 2 aromatic rings. The smallest absolute Gasteiger partial charge is 0.0964 e. The average Bonchev–Trinajstić information content (AvgIpc) is 2.90. The quantitative estimate of drug-likeness (QED) is 0.733. The van der Waals surface area contributed by atoms with Gasteiger partial charge in [-0.1, -0.05) is 42.5 Å². The van der Waals surface area contributed by atoms with E-state index in [0.717, 1.165) is 25.3 Å². The minimum atomic E-state index is 0.638. The van der Waals surface area contributed by atoms with E-state index in [9.17, 15) is 0 Å². The first-order valence-corrected chi connectivity index (χ1v) is 6.60. The SMILES string of the molecule is CCNCc1cn(CCOCc2ccccc2)nn1. The molecule has 0 saturated heterocycles. The molecule has 0 atom stereocenters. The fraction of sp³-hybridized carbons (Fsp3) is 0.429. The summed E-state index contributed by atoms with van der Waals surface area (Å²) in [5.41, 5.74) is 2.15. The van der Waals surface area contributed by atoms with Gasteiger partial charge in [0.15, 0.2) is 0 Å². The molecule has 1 aromatic heterocycles. The molecule has 0 aliphatic rings. The summed E-state index contributed by atoms with van der Waals surface area (Å²) >= 11 is 0. The highest BCUT2D eigenvalue weighted by atomic mass is 16.5. The molecule has 0 radical (unpaired) electrons. The monoisotopic (exact) mass is 260 g/mol. The third kappa shape index (κ3) is 4.81. The van der Waals surface area contributed by atoms with Crippen molar-refractivity contribution in [2.24, 2.45) is 0 Å². The molecule has 0 saturated carbocycles. The van der Waals surface area contributed by atoms with Gasteiger partial charge in [-0.3, -0.25) is 0 Å². The summed E-state index contributed by atoms with van der Waals surface area (Å²) in [5, 5.41) is 11.4. The fourth-order valence-electron chi connectivity index (χ4n) is 1.70. The summed E-state index contributed by atoms with van der Waals surface area (Å²) < 4.78 is 7.43. The van der Waals surface area contributed by atoms with Crippen LogP contribution in [0.25, 0.3) is 0 Å². The van der Waals surface area contributed by atoms with E-state index >= 15 is 0 Å². The lowest BCUT2D eigenvalue weighted by molar-refractivity contribution is 0.110. The van der Waals surface area contributed by atoms with Gasteiger partial charge in [-0.05, 0) is 12.1 Å². The van der Waals surface area contributed by atoms with Crippen molar-refractivity contribution in [3.8, 4) is 0 Å². The molecule has 0 amide bonds. The van der Waals surface area contributed by atoms with Crippen LogP contribution in [0, 0.1) is 0 Å². The first kappa shape index (κ1) is 13.7. The van der Waals surface area contributed by atoms with Crippen molar-refractivity contribution in [3.05, 3.63) is 47.8 Å². The summed E-state index contributed by atoms with van der Waals surface area (Å²) in [6, 6.07) is 10.2. The molecule has 0 bridgehead atoms. The largest absolute Gasteiger partial charge is 0.375 e. The molecule has 5 heteroatoms. The summed E-state index contributed by atoms with van der Waals surface area (Å²) in [5.74, 6) is 0. The van der Waals surface area contributed by atoms with Gasteiger partial charge in [0, 0.05) is 12.7 Å². The molecule has 0 aliphatic carbocycles. The van der Waals surface area contributed by atoms with Crippen LogP contribution in [0.15, 0.2) is 36.5 Å². The van der Waals surface area contributed by atoms with Gasteiger partial charge in [-0.25, -0.2) is 4.68 Å². The Morgan fingerprint density at radius 2 is 2.11 bits per heavy atom. The molecule has 0 aliphatic heterocycles. The van der Waals surface area contributed by atoms with Gasteiger partial charge >= 0.3 is 0 Å². The zero-order valence-electron chi connectivity index (χ0n) is 11.2. The highest BCUT2D eigenvalue weighted by molar-refractivity contribution is 5.13. The number of nitrogens with zero attached hydrogens (tertiary/aromatic N) is 3. The number of hydrogen-bond acceptors (Lipinski definition) is 4. The molecule has 0 unspecified atom stereocenters. The lowest BCUT2D eigenvalue weighted by atomic mass is 10.2. The normalized spacial score (nSPS) is 10.8. The number of benzene rings is 1. The lowest BCUT2D eigenvalue weighted by Gasteiger charge is -2.03. The van der Waals surface area contributed by atoms with Gasteiger partial charge in [-0.2, -0.15) is 0 Å². The van der Waals surface area contributed by atoms with E-state index in [2.05, 4.69) is 34.7 Å². The molecule has 1 heterocycles. The summed E-state index contributed by atoms with van der Waals surface area (Å²) in [4.78, 5) is 0. The minimum Gasteiger partial charge on any atom is -0.375 e. The second kappa shape index (κ2) is 7.66. The number of hydrogen-bond donors (Lipinski definition) is 1. The van der Waals surface area contributed by atoms with Crippen molar-refractivity contribution >= 4 is 0 Å². The van der Waals surface area contributed by atoms with E-state index in [1.807, 2.05) is 29.1 Å². The van der Waals surface area contributed by atoms with Crippen molar-refractivity contribution in [3.63, 3.8) is 0 Å². The fourth-order valence-corrected chi connectivity index (χ4v) is 1.70. The van der Waals surface area contributed by atoms with Gasteiger partial charge in [0.1, 0.15) is 0 Å². The van der Waals surface area contributed by atoms with Crippen LogP contribution in [-0.2, 0) is 24.4 Å². The van der Waals surface area contributed by atoms with Crippen molar-refractivity contribution in [1.29, 1.82) is 0 Å². The Balaban J connectivity index is 1.66. The van der Waals surface area contributed by atoms with Gasteiger partial charge < -0.3 is 10.1 Å². The Morgan fingerprint density at radius 1 is 1.26 bits per heavy atom. The van der Waals surface area contributed by atoms with Crippen molar-refractivity contribution < 1.29 is 4.74 Å². The van der Waals surface area contributed by atoms with Crippen LogP contribution in [0.1, 0.15) is 18.2 Å².